The lowest BCUT2D eigenvalue weighted by Crippen LogP contribution is -2.35. The van der Waals surface area contributed by atoms with E-state index in [1.807, 2.05) is 12.1 Å². The number of carbonyl (C=O) groups is 2. The first-order valence-corrected chi connectivity index (χ1v) is 9.60. The number of benzene rings is 1. The van der Waals surface area contributed by atoms with Crippen molar-refractivity contribution in [3.63, 3.8) is 0 Å². The molecule has 3 aromatic rings. The van der Waals surface area contributed by atoms with E-state index >= 15 is 0 Å². The standard InChI is InChI=1S/C20H18N4O3S/c1-27-16-8-3-2-6-13(16)19(26)24-11-9-14-17(12-24)28-20(22-14)23-18(25)15-7-4-5-10-21-15/h2-8,10H,9,11-12H2,1H3,(H,22,23,25). The van der Waals surface area contributed by atoms with Crippen LogP contribution in [0.25, 0.3) is 0 Å². The fourth-order valence-electron chi connectivity index (χ4n) is 3.07. The highest BCUT2D eigenvalue weighted by atomic mass is 32.1. The summed E-state index contributed by atoms with van der Waals surface area (Å²) in [6.07, 6.45) is 2.22. The Hall–Kier alpha value is -3.26. The Kier molecular flexibility index (Phi) is 5.03. The Labute approximate surface area is 166 Å². The minimum Gasteiger partial charge on any atom is -0.496 e. The van der Waals surface area contributed by atoms with Crippen molar-refractivity contribution in [2.75, 3.05) is 19.0 Å². The van der Waals surface area contributed by atoms with E-state index in [0.717, 1.165) is 10.6 Å². The zero-order valence-electron chi connectivity index (χ0n) is 15.2. The van der Waals surface area contributed by atoms with Gasteiger partial charge in [-0.05, 0) is 24.3 Å². The molecule has 3 heterocycles. The molecule has 2 aromatic heterocycles. The number of aromatic nitrogens is 2. The molecule has 0 bridgehead atoms. The van der Waals surface area contributed by atoms with Gasteiger partial charge >= 0.3 is 0 Å². The summed E-state index contributed by atoms with van der Waals surface area (Å²) < 4.78 is 5.31. The number of nitrogens with one attached hydrogen (secondary N) is 1. The summed E-state index contributed by atoms with van der Waals surface area (Å²) in [7, 11) is 1.56. The van der Waals surface area contributed by atoms with Crippen LogP contribution in [-0.4, -0.2) is 40.3 Å². The number of carbonyl (C=O) groups excluding carboxylic acids is 2. The minimum atomic E-state index is -0.298. The number of fused-ring (bicyclic) bond motifs is 1. The van der Waals surface area contributed by atoms with E-state index in [-0.39, 0.29) is 11.8 Å². The monoisotopic (exact) mass is 394 g/mol. The summed E-state index contributed by atoms with van der Waals surface area (Å²) in [6.45, 7) is 1.03. The Bertz CT molecular complexity index is 1020. The number of hydrogen-bond acceptors (Lipinski definition) is 6. The normalized spacial score (nSPS) is 13.0. The van der Waals surface area contributed by atoms with E-state index in [4.69, 9.17) is 4.74 Å². The first kappa shape index (κ1) is 18.1. The summed E-state index contributed by atoms with van der Waals surface area (Å²) in [5.74, 6) is 0.190. The van der Waals surface area contributed by atoms with Crippen molar-refractivity contribution < 1.29 is 14.3 Å². The summed E-state index contributed by atoms with van der Waals surface area (Å²) in [4.78, 5) is 36.5. The smallest absolute Gasteiger partial charge is 0.276 e. The van der Waals surface area contributed by atoms with Gasteiger partial charge in [-0.25, -0.2) is 4.98 Å². The van der Waals surface area contributed by atoms with Gasteiger partial charge in [-0.1, -0.05) is 29.5 Å². The number of anilines is 1. The van der Waals surface area contributed by atoms with Crippen LogP contribution in [-0.2, 0) is 13.0 Å². The first-order valence-electron chi connectivity index (χ1n) is 8.79. The van der Waals surface area contributed by atoms with Gasteiger partial charge in [0.1, 0.15) is 11.4 Å². The molecule has 0 saturated carbocycles. The Balaban J connectivity index is 1.49. The van der Waals surface area contributed by atoms with Crippen LogP contribution < -0.4 is 10.1 Å². The molecule has 8 heteroatoms. The highest BCUT2D eigenvalue weighted by Gasteiger charge is 2.26. The number of methoxy groups -OCH3 is 1. The third-order valence-electron chi connectivity index (χ3n) is 4.47. The van der Waals surface area contributed by atoms with E-state index in [2.05, 4.69) is 15.3 Å². The van der Waals surface area contributed by atoms with Crippen molar-refractivity contribution in [1.29, 1.82) is 0 Å². The molecule has 7 nitrogen and oxygen atoms in total. The van der Waals surface area contributed by atoms with Gasteiger partial charge in [0, 0.05) is 24.0 Å². The maximum atomic E-state index is 12.9. The highest BCUT2D eigenvalue weighted by molar-refractivity contribution is 7.15. The van der Waals surface area contributed by atoms with Crippen LogP contribution >= 0.6 is 11.3 Å². The van der Waals surface area contributed by atoms with Crippen molar-refractivity contribution in [2.24, 2.45) is 0 Å². The van der Waals surface area contributed by atoms with E-state index in [9.17, 15) is 9.59 Å². The van der Waals surface area contributed by atoms with Gasteiger partial charge in [-0.3, -0.25) is 19.9 Å². The molecule has 1 aliphatic heterocycles. The summed E-state index contributed by atoms with van der Waals surface area (Å²) >= 11 is 1.39. The second-order valence-electron chi connectivity index (χ2n) is 6.23. The average Bonchev–Trinajstić information content (AvgIpc) is 3.15. The zero-order chi connectivity index (χ0) is 19.5. The van der Waals surface area contributed by atoms with E-state index < -0.39 is 0 Å². The molecule has 1 aliphatic rings. The van der Waals surface area contributed by atoms with Gasteiger partial charge < -0.3 is 9.64 Å². The maximum Gasteiger partial charge on any atom is 0.276 e. The van der Waals surface area contributed by atoms with Crippen LogP contribution in [0, 0.1) is 0 Å². The molecule has 0 atom stereocenters. The van der Waals surface area contributed by atoms with Crippen LogP contribution in [0.4, 0.5) is 5.13 Å². The quantitative estimate of drug-likeness (QED) is 0.735. The SMILES string of the molecule is COc1ccccc1C(=O)N1CCc2nc(NC(=O)c3ccccn3)sc2C1. The van der Waals surface area contributed by atoms with Crippen LogP contribution in [0.5, 0.6) is 5.75 Å². The summed E-state index contributed by atoms with van der Waals surface area (Å²) in [5.41, 5.74) is 1.80. The topological polar surface area (TPSA) is 84.4 Å². The van der Waals surface area contributed by atoms with Crippen molar-refractivity contribution in [1.82, 2.24) is 14.9 Å². The predicted molar refractivity (Wildman–Crippen MR) is 106 cm³/mol. The Morgan fingerprint density at radius 3 is 2.79 bits per heavy atom. The number of thiazole rings is 1. The summed E-state index contributed by atoms with van der Waals surface area (Å²) in [5, 5.41) is 3.31. The third kappa shape index (κ3) is 3.59. The van der Waals surface area contributed by atoms with Gasteiger partial charge in [-0.2, -0.15) is 0 Å². The lowest BCUT2D eigenvalue weighted by Gasteiger charge is -2.26. The molecule has 1 N–H and O–H groups in total. The van der Waals surface area contributed by atoms with E-state index in [0.29, 0.717) is 41.6 Å². The number of rotatable bonds is 4. The van der Waals surface area contributed by atoms with Crippen LogP contribution in [0.3, 0.4) is 0 Å². The van der Waals surface area contributed by atoms with Crippen LogP contribution in [0.2, 0.25) is 0 Å². The molecule has 142 valence electrons. The van der Waals surface area contributed by atoms with Gasteiger partial charge in [0.2, 0.25) is 0 Å². The van der Waals surface area contributed by atoms with Gasteiger partial charge in [-0.15, -0.1) is 0 Å². The van der Waals surface area contributed by atoms with Crippen molar-refractivity contribution in [2.45, 2.75) is 13.0 Å². The molecule has 0 aliphatic carbocycles. The van der Waals surface area contributed by atoms with Crippen molar-refractivity contribution in [3.05, 3.63) is 70.5 Å². The van der Waals surface area contributed by atoms with Crippen LogP contribution in [0.1, 0.15) is 31.4 Å². The molecule has 0 fully saturated rings. The number of ether oxygens (including phenoxy) is 1. The minimum absolute atomic E-state index is 0.0735. The molecule has 0 spiro atoms. The fraction of sp³-hybridized carbons (Fsp3) is 0.200. The summed E-state index contributed by atoms with van der Waals surface area (Å²) in [6, 6.07) is 12.4. The zero-order valence-corrected chi connectivity index (χ0v) is 16.0. The van der Waals surface area contributed by atoms with Gasteiger partial charge in [0.05, 0.1) is 24.9 Å². The predicted octanol–water partition coefficient (Wildman–Crippen LogP) is 3.00. The number of pyridine rings is 1. The fourth-order valence-corrected chi connectivity index (χ4v) is 4.09. The molecule has 2 amide bonds. The molecule has 4 rings (SSSR count). The average molecular weight is 394 g/mol. The molecule has 0 unspecified atom stereocenters. The molecule has 0 saturated heterocycles. The second kappa shape index (κ2) is 7.77. The van der Waals surface area contributed by atoms with Crippen molar-refractivity contribution in [3.8, 4) is 5.75 Å². The number of hydrogen-bond donors (Lipinski definition) is 1. The van der Waals surface area contributed by atoms with E-state index in [1.54, 1.807) is 48.5 Å². The number of amides is 2. The molecular weight excluding hydrogens is 376 g/mol. The molecule has 0 radical (unpaired) electrons. The lowest BCUT2D eigenvalue weighted by atomic mass is 10.1. The largest absolute Gasteiger partial charge is 0.496 e. The van der Waals surface area contributed by atoms with Gasteiger partial charge in [0.25, 0.3) is 11.8 Å². The maximum absolute atomic E-state index is 12.9. The number of nitrogens with zero attached hydrogens (tertiary/aromatic N) is 3. The Morgan fingerprint density at radius 1 is 1.18 bits per heavy atom. The lowest BCUT2D eigenvalue weighted by molar-refractivity contribution is 0.0732. The molecule has 28 heavy (non-hydrogen) atoms. The molecule has 1 aromatic carbocycles. The second-order valence-corrected chi connectivity index (χ2v) is 7.32. The van der Waals surface area contributed by atoms with Crippen LogP contribution in [0.15, 0.2) is 48.7 Å². The highest BCUT2D eigenvalue weighted by Crippen LogP contribution is 2.30. The van der Waals surface area contributed by atoms with Gasteiger partial charge in [0.15, 0.2) is 5.13 Å². The Morgan fingerprint density at radius 2 is 2.00 bits per heavy atom. The van der Waals surface area contributed by atoms with Crippen molar-refractivity contribution >= 4 is 28.3 Å². The molecular formula is C20H18N4O3S. The number of para-hydroxylation sites is 1. The first-order chi connectivity index (χ1) is 13.7. The third-order valence-corrected chi connectivity index (χ3v) is 5.47. The van der Waals surface area contributed by atoms with E-state index in [1.165, 1.54) is 11.3 Å².